The van der Waals surface area contributed by atoms with Gasteiger partial charge in [-0.25, -0.2) is 9.29 Å². The molecule has 1 saturated heterocycles. The van der Waals surface area contributed by atoms with E-state index in [9.17, 15) is 4.79 Å². The Labute approximate surface area is 153 Å². The van der Waals surface area contributed by atoms with E-state index < -0.39 is 0 Å². The summed E-state index contributed by atoms with van der Waals surface area (Å²) in [5, 5.41) is 2.40. The van der Waals surface area contributed by atoms with Crippen molar-refractivity contribution in [3.63, 3.8) is 0 Å². The Kier molecular flexibility index (Phi) is 5.78. The molecular formula is C18H25N5OS. The van der Waals surface area contributed by atoms with Crippen LogP contribution in [-0.4, -0.2) is 66.4 Å². The van der Waals surface area contributed by atoms with Crippen molar-refractivity contribution in [1.29, 1.82) is 0 Å². The molecule has 0 aliphatic carbocycles. The van der Waals surface area contributed by atoms with Gasteiger partial charge in [-0.15, -0.1) is 0 Å². The SMILES string of the molecule is CCN(C)c1nccc2c(SN3CCN(C(=O)CN)CC3)cccc12. The minimum Gasteiger partial charge on any atom is -0.359 e. The molecule has 1 aliphatic rings. The number of anilines is 1. The summed E-state index contributed by atoms with van der Waals surface area (Å²) < 4.78 is 2.32. The molecule has 0 saturated carbocycles. The lowest BCUT2D eigenvalue weighted by atomic mass is 10.1. The van der Waals surface area contributed by atoms with Gasteiger partial charge >= 0.3 is 0 Å². The number of hydrogen-bond acceptors (Lipinski definition) is 6. The monoisotopic (exact) mass is 359 g/mol. The van der Waals surface area contributed by atoms with Crippen LogP contribution in [0.1, 0.15) is 6.92 Å². The lowest BCUT2D eigenvalue weighted by Gasteiger charge is -2.33. The van der Waals surface area contributed by atoms with Crippen molar-refractivity contribution < 1.29 is 4.79 Å². The molecule has 0 unspecified atom stereocenters. The number of hydrogen-bond donors (Lipinski definition) is 1. The van der Waals surface area contributed by atoms with E-state index in [1.54, 1.807) is 11.9 Å². The molecule has 1 aromatic carbocycles. The number of nitrogens with zero attached hydrogens (tertiary/aromatic N) is 4. The van der Waals surface area contributed by atoms with Crippen LogP contribution in [0.3, 0.4) is 0 Å². The van der Waals surface area contributed by atoms with Gasteiger partial charge in [0.1, 0.15) is 5.82 Å². The Morgan fingerprint density at radius 3 is 2.68 bits per heavy atom. The zero-order chi connectivity index (χ0) is 17.8. The number of carbonyl (C=O) groups excluding carboxylic acids is 1. The fourth-order valence-electron chi connectivity index (χ4n) is 2.99. The minimum absolute atomic E-state index is 0.0353. The number of fused-ring (bicyclic) bond motifs is 1. The maximum Gasteiger partial charge on any atom is 0.236 e. The van der Waals surface area contributed by atoms with Gasteiger partial charge in [0.05, 0.1) is 6.54 Å². The van der Waals surface area contributed by atoms with Gasteiger partial charge in [-0.3, -0.25) is 4.79 Å². The number of benzene rings is 1. The number of amides is 1. The first-order chi connectivity index (χ1) is 12.1. The Balaban J connectivity index is 1.78. The van der Waals surface area contributed by atoms with Crippen LogP contribution in [0, 0.1) is 0 Å². The van der Waals surface area contributed by atoms with Crippen LogP contribution in [0.15, 0.2) is 35.4 Å². The maximum absolute atomic E-state index is 11.7. The summed E-state index contributed by atoms with van der Waals surface area (Å²) in [6.45, 7) is 6.30. The van der Waals surface area contributed by atoms with E-state index >= 15 is 0 Å². The molecule has 0 radical (unpaired) electrons. The van der Waals surface area contributed by atoms with Crippen molar-refractivity contribution in [2.24, 2.45) is 5.73 Å². The zero-order valence-corrected chi connectivity index (χ0v) is 15.6. The molecule has 1 aliphatic heterocycles. The summed E-state index contributed by atoms with van der Waals surface area (Å²) in [5.41, 5.74) is 5.45. The molecule has 0 spiro atoms. The first-order valence-electron chi connectivity index (χ1n) is 8.63. The topological polar surface area (TPSA) is 65.7 Å². The van der Waals surface area contributed by atoms with Crippen LogP contribution in [0.5, 0.6) is 0 Å². The van der Waals surface area contributed by atoms with Gasteiger partial charge in [-0.2, -0.15) is 0 Å². The predicted molar refractivity (Wildman–Crippen MR) is 104 cm³/mol. The van der Waals surface area contributed by atoms with Crippen molar-refractivity contribution in [3.8, 4) is 0 Å². The summed E-state index contributed by atoms with van der Waals surface area (Å²) in [7, 11) is 2.06. The normalized spacial score (nSPS) is 15.6. The molecule has 134 valence electrons. The molecule has 2 heterocycles. The Hall–Kier alpha value is -1.83. The van der Waals surface area contributed by atoms with E-state index in [0.717, 1.165) is 38.5 Å². The Morgan fingerprint density at radius 2 is 2.00 bits per heavy atom. The smallest absolute Gasteiger partial charge is 0.236 e. The van der Waals surface area contributed by atoms with E-state index in [0.29, 0.717) is 0 Å². The Morgan fingerprint density at radius 1 is 1.24 bits per heavy atom. The van der Waals surface area contributed by atoms with E-state index in [2.05, 4.69) is 52.4 Å². The molecule has 1 amide bonds. The zero-order valence-electron chi connectivity index (χ0n) is 14.8. The van der Waals surface area contributed by atoms with Gasteiger partial charge in [0.2, 0.25) is 5.91 Å². The van der Waals surface area contributed by atoms with Gasteiger partial charge in [-0.05, 0) is 31.0 Å². The minimum atomic E-state index is 0.0353. The average Bonchev–Trinajstić information content (AvgIpc) is 2.67. The molecule has 2 aromatic rings. The third-order valence-corrected chi connectivity index (χ3v) is 5.75. The van der Waals surface area contributed by atoms with Crippen molar-refractivity contribution in [2.45, 2.75) is 11.8 Å². The van der Waals surface area contributed by atoms with Gasteiger partial charge in [-0.1, -0.05) is 12.1 Å². The number of pyridine rings is 1. The molecule has 6 nitrogen and oxygen atoms in total. The standard InChI is InChI=1S/C18H25N5OS/c1-3-21(2)18-15-5-4-6-16(14(15)7-8-20-18)25-23-11-9-22(10-12-23)17(24)13-19/h4-8H,3,9-13,19H2,1-2H3. The van der Waals surface area contributed by atoms with Crippen LogP contribution in [0.4, 0.5) is 5.82 Å². The number of aromatic nitrogens is 1. The van der Waals surface area contributed by atoms with Crippen molar-refractivity contribution >= 4 is 34.4 Å². The highest BCUT2D eigenvalue weighted by molar-refractivity contribution is 7.97. The molecule has 7 heteroatoms. The Bertz CT molecular complexity index is 745. The quantitative estimate of drug-likeness (QED) is 0.821. The van der Waals surface area contributed by atoms with Gasteiger partial charge in [0.15, 0.2) is 0 Å². The van der Waals surface area contributed by atoms with Crippen LogP contribution < -0.4 is 10.6 Å². The summed E-state index contributed by atoms with van der Waals surface area (Å²) in [6.07, 6.45) is 1.88. The summed E-state index contributed by atoms with van der Waals surface area (Å²) in [6, 6.07) is 8.46. The summed E-state index contributed by atoms with van der Waals surface area (Å²) in [5.74, 6) is 1.05. The molecular weight excluding hydrogens is 334 g/mol. The van der Waals surface area contributed by atoms with Crippen molar-refractivity contribution in [2.75, 3.05) is 51.2 Å². The molecule has 25 heavy (non-hydrogen) atoms. The van der Waals surface area contributed by atoms with Crippen LogP contribution in [0.2, 0.25) is 0 Å². The third kappa shape index (κ3) is 3.89. The van der Waals surface area contributed by atoms with Gasteiger partial charge < -0.3 is 15.5 Å². The predicted octanol–water partition coefficient (Wildman–Crippen LogP) is 1.80. The second kappa shape index (κ2) is 8.03. The first-order valence-corrected chi connectivity index (χ1v) is 9.41. The molecule has 1 aromatic heterocycles. The van der Waals surface area contributed by atoms with E-state index in [1.807, 2.05) is 11.1 Å². The van der Waals surface area contributed by atoms with Crippen molar-refractivity contribution in [3.05, 3.63) is 30.5 Å². The summed E-state index contributed by atoms with van der Waals surface area (Å²) in [4.78, 5) is 21.5. The van der Waals surface area contributed by atoms with E-state index in [4.69, 9.17) is 5.73 Å². The van der Waals surface area contributed by atoms with Crippen LogP contribution in [-0.2, 0) is 4.79 Å². The third-order valence-electron chi connectivity index (χ3n) is 4.57. The fraction of sp³-hybridized carbons (Fsp3) is 0.444. The van der Waals surface area contributed by atoms with Crippen LogP contribution >= 0.6 is 11.9 Å². The molecule has 0 atom stereocenters. The molecule has 2 N–H and O–H groups in total. The highest BCUT2D eigenvalue weighted by Gasteiger charge is 2.21. The summed E-state index contributed by atoms with van der Waals surface area (Å²) >= 11 is 1.76. The highest BCUT2D eigenvalue weighted by Crippen LogP contribution is 2.34. The highest BCUT2D eigenvalue weighted by atomic mass is 32.2. The first kappa shape index (κ1) is 18.0. The largest absolute Gasteiger partial charge is 0.359 e. The molecule has 1 fully saturated rings. The number of piperazine rings is 1. The van der Waals surface area contributed by atoms with Gasteiger partial charge in [0.25, 0.3) is 0 Å². The lowest BCUT2D eigenvalue weighted by molar-refractivity contribution is -0.130. The van der Waals surface area contributed by atoms with Gasteiger partial charge in [0, 0.05) is 61.6 Å². The number of rotatable bonds is 5. The molecule has 3 rings (SSSR count). The fourth-order valence-corrected chi connectivity index (χ4v) is 4.03. The second-order valence-electron chi connectivity index (χ2n) is 6.11. The number of nitrogens with two attached hydrogens (primary N) is 1. The van der Waals surface area contributed by atoms with Crippen molar-refractivity contribution in [1.82, 2.24) is 14.2 Å². The van der Waals surface area contributed by atoms with E-state index in [1.165, 1.54) is 15.7 Å². The maximum atomic E-state index is 11.7. The van der Waals surface area contributed by atoms with Crippen LogP contribution in [0.25, 0.3) is 10.8 Å². The number of carbonyl (C=O) groups is 1. The molecule has 0 bridgehead atoms. The average molecular weight is 359 g/mol. The van der Waals surface area contributed by atoms with E-state index in [-0.39, 0.29) is 12.5 Å². The lowest BCUT2D eigenvalue weighted by Crippen LogP contribution is -2.48. The second-order valence-corrected chi connectivity index (χ2v) is 7.24.